The molecule has 1 aliphatic heterocycles. The number of hydrogen-bond acceptors (Lipinski definition) is 4. The molecule has 0 unspecified atom stereocenters. The van der Waals surface area contributed by atoms with Crippen LogP contribution in [0.5, 0.6) is 5.75 Å². The molecule has 1 aliphatic rings. The fraction of sp³-hybridized carbons (Fsp3) is 0.462. The summed E-state index contributed by atoms with van der Waals surface area (Å²) in [7, 11) is 0. The van der Waals surface area contributed by atoms with Crippen LogP contribution in [0, 0.1) is 0 Å². The van der Waals surface area contributed by atoms with E-state index in [1.807, 2.05) is 24.3 Å². The van der Waals surface area contributed by atoms with Gasteiger partial charge in [-0.2, -0.15) is 0 Å². The number of rotatable bonds is 4. The Morgan fingerprint density at radius 1 is 1.39 bits per heavy atom. The number of hydrogen-bond donors (Lipinski definition) is 1. The molecule has 2 rings (SSSR count). The average Bonchev–Trinajstić information content (AvgIpc) is 2.46. The number of amides is 1. The molecule has 5 heteroatoms. The van der Waals surface area contributed by atoms with E-state index in [1.54, 1.807) is 4.90 Å². The minimum Gasteiger partial charge on any atom is -0.484 e. The van der Waals surface area contributed by atoms with Crippen molar-refractivity contribution in [3.05, 3.63) is 29.8 Å². The van der Waals surface area contributed by atoms with Gasteiger partial charge in [0.05, 0.1) is 13.2 Å². The first-order valence-corrected chi connectivity index (χ1v) is 6.07. The van der Waals surface area contributed by atoms with Gasteiger partial charge >= 0.3 is 0 Å². The molecule has 0 bridgehead atoms. The average molecular weight is 250 g/mol. The van der Waals surface area contributed by atoms with Gasteiger partial charge < -0.3 is 20.1 Å². The van der Waals surface area contributed by atoms with E-state index in [-0.39, 0.29) is 12.5 Å². The standard InChI is InChI=1S/C13H18N2O3/c14-9-11-2-1-3-12(8-11)18-10-13(16)15-4-6-17-7-5-15/h1-3,8H,4-7,9-10,14H2. The Hall–Kier alpha value is -1.59. The normalized spacial score (nSPS) is 15.5. The molecular weight excluding hydrogens is 232 g/mol. The van der Waals surface area contributed by atoms with Crippen LogP contribution >= 0.6 is 0 Å². The van der Waals surface area contributed by atoms with Crippen LogP contribution in [0.25, 0.3) is 0 Å². The fourth-order valence-corrected chi connectivity index (χ4v) is 1.81. The molecule has 18 heavy (non-hydrogen) atoms. The largest absolute Gasteiger partial charge is 0.484 e. The highest BCUT2D eigenvalue weighted by Crippen LogP contribution is 2.13. The Morgan fingerprint density at radius 3 is 2.89 bits per heavy atom. The van der Waals surface area contributed by atoms with Gasteiger partial charge in [0.25, 0.3) is 5.91 Å². The zero-order valence-electron chi connectivity index (χ0n) is 10.3. The maximum Gasteiger partial charge on any atom is 0.260 e. The van der Waals surface area contributed by atoms with Gasteiger partial charge in [0.1, 0.15) is 5.75 Å². The van der Waals surface area contributed by atoms with Crippen LogP contribution in [0.15, 0.2) is 24.3 Å². The van der Waals surface area contributed by atoms with Crippen LogP contribution in [-0.4, -0.2) is 43.7 Å². The molecule has 0 aliphatic carbocycles. The van der Waals surface area contributed by atoms with E-state index in [1.165, 1.54) is 0 Å². The summed E-state index contributed by atoms with van der Waals surface area (Å²) in [5, 5.41) is 0. The number of carbonyl (C=O) groups excluding carboxylic acids is 1. The Kier molecular flexibility index (Phi) is 4.55. The number of benzene rings is 1. The van der Waals surface area contributed by atoms with Crippen molar-refractivity contribution in [2.45, 2.75) is 6.54 Å². The lowest BCUT2D eigenvalue weighted by molar-refractivity contribution is -0.137. The van der Waals surface area contributed by atoms with Gasteiger partial charge in [0, 0.05) is 19.6 Å². The molecule has 0 radical (unpaired) electrons. The minimum absolute atomic E-state index is 0.00329. The predicted octanol–water partition coefficient (Wildman–Crippen LogP) is 0.383. The second-order valence-corrected chi connectivity index (χ2v) is 4.13. The number of ether oxygens (including phenoxy) is 2. The molecule has 1 saturated heterocycles. The van der Waals surface area contributed by atoms with Crippen LogP contribution in [0.4, 0.5) is 0 Å². The second kappa shape index (κ2) is 6.37. The number of morpholine rings is 1. The number of nitrogens with two attached hydrogens (primary N) is 1. The number of carbonyl (C=O) groups is 1. The highest BCUT2D eigenvalue weighted by molar-refractivity contribution is 5.77. The van der Waals surface area contributed by atoms with Gasteiger partial charge in [-0.25, -0.2) is 0 Å². The van der Waals surface area contributed by atoms with Crippen molar-refractivity contribution in [2.75, 3.05) is 32.9 Å². The summed E-state index contributed by atoms with van der Waals surface area (Å²) in [4.78, 5) is 13.6. The Balaban J connectivity index is 1.84. The summed E-state index contributed by atoms with van der Waals surface area (Å²) in [6, 6.07) is 7.48. The smallest absolute Gasteiger partial charge is 0.260 e. The first-order valence-electron chi connectivity index (χ1n) is 6.07. The topological polar surface area (TPSA) is 64.8 Å². The lowest BCUT2D eigenvalue weighted by Crippen LogP contribution is -2.42. The van der Waals surface area contributed by atoms with Crippen LogP contribution < -0.4 is 10.5 Å². The van der Waals surface area contributed by atoms with Crippen molar-refractivity contribution in [1.29, 1.82) is 0 Å². The molecule has 1 fully saturated rings. The van der Waals surface area contributed by atoms with Crippen molar-refractivity contribution >= 4 is 5.91 Å². The molecule has 0 aromatic heterocycles. The Bertz CT molecular complexity index is 403. The highest BCUT2D eigenvalue weighted by Gasteiger charge is 2.16. The molecule has 1 aromatic rings. The molecule has 5 nitrogen and oxygen atoms in total. The first kappa shape index (κ1) is 12.9. The molecule has 1 heterocycles. The molecule has 0 atom stereocenters. The van der Waals surface area contributed by atoms with Crippen molar-refractivity contribution in [3.63, 3.8) is 0 Å². The van der Waals surface area contributed by atoms with E-state index in [0.717, 1.165) is 5.56 Å². The molecule has 98 valence electrons. The van der Waals surface area contributed by atoms with Crippen LogP contribution in [0.2, 0.25) is 0 Å². The van der Waals surface area contributed by atoms with Gasteiger partial charge in [0.15, 0.2) is 6.61 Å². The zero-order valence-corrected chi connectivity index (χ0v) is 10.3. The third-order valence-corrected chi connectivity index (χ3v) is 2.86. The summed E-state index contributed by atoms with van der Waals surface area (Å²) in [6.07, 6.45) is 0. The van der Waals surface area contributed by atoms with Crippen molar-refractivity contribution < 1.29 is 14.3 Å². The van der Waals surface area contributed by atoms with Crippen LogP contribution in [-0.2, 0) is 16.1 Å². The summed E-state index contributed by atoms with van der Waals surface area (Å²) in [5.41, 5.74) is 6.54. The Labute approximate surface area is 106 Å². The lowest BCUT2D eigenvalue weighted by atomic mass is 10.2. The monoisotopic (exact) mass is 250 g/mol. The molecule has 1 amide bonds. The summed E-state index contributed by atoms with van der Waals surface area (Å²) >= 11 is 0. The van der Waals surface area contributed by atoms with E-state index in [9.17, 15) is 4.79 Å². The maximum atomic E-state index is 11.8. The van der Waals surface area contributed by atoms with Gasteiger partial charge in [-0.3, -0.25) is 4.79 Å². The predicted molar refractivity (Wildman–Crippen MR) is 67.2 cm³/mol. The molecule has 1 aromatic carbocycles. The Morgan fingerprint density at radius 2 is 2.17 bits per heavy atom. The minimum atomic E-state index is -0.00329. The molecule has 0 saturated carbocycles. The summed E-state index contributed by atoms with van der Waals surface area (Å²) in [5.74, 6) is 0.677. The van der Waals surface area contributed by atoms with E-state index in [4.69, 9.17) is 15.2 Å². The third-order valence-electron chi connectivity index (χ3n) is 2.86. The summed E-state index contributed by atoms with van der Waals surface area (Å²) in [6.45, 7) is 3.03. The van der Waals surface area contributed by atoms with Gasteiger partial charge in [-0.15, -0.1) is 0 Å². The summed E-state index contributed by atoms with van der Waals surface area (Å²) < 4.78 is 10.7. The van der Waals surface area contributed by atoms with Crippen LogP contribution in [0.1, 0.15) is 5.56 Å². The van der Waals surface area contributed by atoms with Crippen LogP contribution in [0.3, 0.4) is 0 Å². The van der Waals surface area contributed by atoms with Crippen molar-refractivity contribution in [3.8, 4) is 5.75 Å². The van der Waals surface area contributed by atoms with Gasteiger partial charge in [-0.05, 0) is 17.7 Å². The quantitative estimate of drug-likeness (QED) is 0.839. The molecule has 2 N–H and O–H groups in total. The van der Waals surface area contributed by atoms with Crippen molar-refractivity contribution in [2.24, 2.45) is 5.73 Å². The van der Waals surface area contributed by atoms with E-state index in [0.29, 0.717) is 38.6 Å². The highest BCUT2D eigenvalue weighted by atomic mass is 16.5. The maximum absolute atomic E-state index is 11.8. The lowest BCUT2D eigenvalue weighted by Gasteiger charge is -2.26. The van der Waals surface area contributed by atoms with Gasteiger partial charge in [-0.1, -0.05) is 12.1 Å². The fourth-order valence-electron chi connectivity index (χ4n) is 1.81. The molecule has 0 spiro atoms. The zero-order chi connectivity index (χ0) is 12.8. The second-order valence-electron chi connectivity index (χ2n) is 4.13. The van der Waals surface area contributed by atoms with E-state index >= 15 is 0 Å². The number of nitrogens with zero attached hydrogens (tertiary/aromatic N) is 1. The SMILES string of the molecule is NCc1cccc(OCC(=O)N2CCOCC2)c1. The molecular formula is C13H18N2O3. The third kappa shape index (κ3) is 3.45. The van der Waals surface area contributed by atoms with Gasteiger partial charge in [0.2, 0.25) is 0 Å². The van der Waals surface area contributed by atoms with Crippen molar-refractivity contribution in [1.82, 2.24) is 4.90 Å². The van der Waals surface area contributed by atoms with E-state index in [2.05, 4.69) is 0 Å². The first-order chi connectivity index (χ1) is 8.79. The van der Waals surface area contributed by atoms with E-state index < -0.39 is 0 Å².